The molecule has 2 heterocycles. The summed E-state index contributed by atoms with van der Waals surface area (Å²) in [5.41, 5.74) is 2.52. The van der Waals surface area contributed by atoms with Crippen molar-refractivity contribution >= 4 is 11.4 Å². The Hall–Kier alpha value is -1.38. The van der Waals surface area contributed by atoms with Gasteiger partial charge in [-0.2, -0.15) is 0 Å². The lowest BCUT2D eigenvalue weighted by Crippen LogP contribution is -2.49. The summed E-state index contributed by atoms with van der Waals surface area (Å²) in [6.07, 6.45) is 3.96. The van der Waals surface area contributed by atoms with Crippen LogP contribution in [0.25, 0.3) is 0 Å². The molecular formula is C16H24N2O. The molecule has 3 rings (SSSR count). The molecule has 0 amide bonds. The summed E-state index contributed by atoms with van der Waals surface area (Å²) in [4.78, 5) is 2.58. The Balaban J connectivity index is 1.87. The van der Waals surface area contributed by atoms with E-state index in [0.717, 1.165) is 24.8 Å². The van der Waals surface area contributed by atoms with Crippen LogP contribution in [0.5, 0.6) is 5.75 Å². The zero-order valence-corrected chi connectivity index (χ0v) is 12.0. The standard InChI is InChI=1S/C16H24N2O/c1-3-12-8-9-18-13(10-12)11-17-16-14(18)6-5-7-15(16)19-4-2/h5-7,12-13,17H,3-4,8-11H2,1-2H3. The zero-order valence-electron chi connectivity index (χ0n) is 12.0. The van der Waals surface area contributed by atoms with Gasteiger partial charge in [-0.15, -0.1) is 0 Å². The third-order valence-corrected chi connectivity index (χ3v) is 4.53. The molecule has 1 saturated heterocycles. The summed E-state index contributed by atoms with van der Waals surface area (Å²) in [7, 11) is 0. The molecule has 1 aromatic rings. The van der Waals surface area contributed by atoms with E-state index < -0.39 is 0 Å². The van der Waals surface area contributed by atoms with Crippen LogP contribution in [-0.4, -0.2) is 25.7 Å². The molecule has 1 fully saturated rings. The van der Waals surface area contributed by atoms with Crippen molar-refractivity contribution in [3.8, 4) is 5.75 Å². The Morgan fingerprint density at radius 2 is 2.26 bits per heavy atom. The van der Waals surface area contributed by atoms with Gasteiger partial charge in [-0.25, -0.2) is 0 Å². The van der Waals surface area contributed by atoms with Gasteiger partial charge < -0.3 is 15.0 Å². The van der Waals surface area contributed by atoms with E-state index in [2.05, 4.69) is 35.3 Å². The molecule has 1 aromatic carbocycles. The quantitative estimate of drug-likeness (QED) is 0.900. The van der Waals surface area contributed by atoms with Gasteiger partial charge in [-0.1, -0.05) is 19.4 Å². The van der Waals surface area contributed by atoms with Crippen LogP contribution in [0.3, 0.4) is 0 Å². The first kappa shape index (κ1) is 12.6. The zero-order chi connectivity index (χ0) is 13.2. The van der Waals surface area contributed by atoms with Gasteiger partial charge in [0.25, 0.3) is 0 Å². The van der Waals surface area contributed by atoms with Crippen LogP contribution in [0.15, 0.2) is 18.2 Å². The fourth-order valence-electron chi connectivity index (χ4n) is 3.45. The maximum Gasteiger partial charge on any atom is 0.144 e. The van der Waals surface area contributed by atoms with Gasteiger partial charge in [-0.05, 0) is 37.8 Å². The third-order valence-electron chi connectivity index (χ3n) is 4.53. The number of hydrogen-bond acceptors (Lipinski definition) is 3. The van der Waals surface area contributed by atoms with Crippen molar-refractivity contribution in [1.29, 1.82) is 0 Å². The van der Waals surface area contributed by atoms with E-state index in [9.17, 15) is 0 Å². The number of para-hydroxylation sites is 1. The van der Waals surface area contributed by atoms with Crippen molar-refractivity contribution < 1.29 is 4.74 Å². The maximum absolute atomic E-state index is 5.74. The van der Waals surface area contributed by atoms with E-state index in [1.54, 1.807) is 0 Å². The van der Waals surface area contributed by atoms with Crippen LogP contribution in [0.2, 0.25) is 0 Å². The average molecular weight is 260 g/mol. The van der Waals surface area contributed by atoms with E-state index in [1.165, 1.54) is 37.2 Å². The van der Waals surface area contributed by atoms with E-state index in [-0.39, 0.29) is 0 Å². The molecule has 2 atom stereocenters. The number of rotatable bonds is 3. The first-order chi connectivity index (χ1) is 9.33. The molecule has 104 valence electrons. The normalized spacial score (nSPS) is 25.3. The number of piperidine rings is 1. The van der Waals surface area contributed by atoms with Crippen LogP contribution in [-0.2, 0) is 0 Å². The predicted molar refractivity (Wildman–Crippen MR) is 80.2 cm³/mol. The molecule has 19 heavy (non-hydrogen) atoms. The minimum Gasteiger partial charge on any atom is -0.492 e. The highest BCUT2D eigenvalue weighted by Crippen LogP contribution is 2.42. The fourth-order valence-corrected chi connectivity index (χ4v) is 3.45. The van der Waals surface area contributed by atoms with Gasteiger partial charge in [0, 0.05) is 19.1 Å². The minimum absolute atomic E-state index is 0.656. The highest BCUT2D eigenvalue weighted by molar-refractivity contribution is 5.79. The van der Waals surface area contributed by atoms with Gasteiger partial charge in [0.1, 0.15) is 11.4 Å². The first-order valence-corrected chi connectivity index (χ1v) is 7.59. The smallest absolute Gasteiger partial charge is 0.144 e. The molecule has 2 aliphatic heterocycles. The minimum atomic E-state index is 0.656. The lowest BCUT2D eigenvalue weighted by molar-refractivity contribution is 0.328. The summed E-state index contributed by atoms with van der Waals surface area (Å²) in [6, 6.07) is 7.06. The van der Waals surface area contributed by atoms with E-state index >= 15 is 0 Å². The van der Waals surface area contributed by atoms with Crippen LogP contribution < -0.4 is 15.0 Å². The molecule has 2 unspecified atom stereocenters. The van der Waals surface area contributed by atoms with Crippen molar-refractivity contribution in [2.45, 2.75) is 39.2 Å². The van der Waals surface area contributed by atoms with Crippen molar-refractivity contribution in [2.24, 2.45) is 5.92 Å². The Kier molecular flexibility index (Phi) is 3.54. The molecule has 0 aromatic heterocycles. The SMILES string of the molecule is CCOc1cccc2c1NCC1CC(CC)CCN21. The van der Waals surface area contributed by atoms with E-state index in [4.69, 9.17) is 4.74 Å². The molecule has 2 aliphatic rings. The van der Waals surface area contributed by atoms with Crippen molar-refractivity contribution in [1.82, 2.24) is 0 Å². The maximum atomic E-state index is 5.74. The van der Waals surface area contributed by atoms with Gasteiger partial charge in [0.05, 0.1) is 12.3 Å². The largest absolute Gasteiger partial charge is 0.492 e. The molecule has 1 N–H and O–H groups in total. The first-order valence-electron chi connectivity index (χ1n) is 7.59. The topological polar surface area (TPSA) is 24.5 Å². The Morgan fingerprint density at radius 1 is 1.37 bits per heavy atom. The number of nitrogens with one attached hydrogen (secondary N) is 1. The third kappa shape index (κ3) is 2.26. The number of ether oxygens (including phenoxy) is 1. The van der Waals surface area contributed by atoms with Crippen LogP contribution in [0, 0.1) is 5.92 Å². The molecular weight excluding hydrogens is 236 g/mol. The Morgan fingerprint density at radius 3 is 3.05 bits per heavy atom. The fraction of sp³-hybridized carbons (Fsp3) is 0.625. The molecule has 0 saturated carbocycles. The van der Waals surface area contributed by atoms with Gasteiger partial charge in [0.15, 0.2) is 0 Å². The van der Waals surface area contributed by atoms with Crippen LogP contribution >= 0.6 is 0 Å². The summed E-state index contributed by atoms with van der Waals surface area (Å²) in [6.45, 7) is 7.32. The lowest BCUT2D eigenvalue weighted by atomic mass is 9.87. The highest BCUT2D eigenvalue weighted by atomic mass is 16.5. The summed E-state index contributed by atoms with van der Waals surface area (Å²) in [5, 5.41) is 3.59. The lowest BCUT2D eigenvalue weighted by Gasteiger charge is -2.45. The summed E-state index contributed by atoms with van der Waals surface area (Å²) < 4.78 is 5.74. The number of nitrogens with zero attached hydrogens (tertiary/aromatic N) is 1. The molecule has 3 nitrogen and oxygen atoms in total. The second kappa shape index (κ2) is 5.32. The Labute approximate surface area is 115 Å². The van der Waals surface area contributed by atoms with Crippen LogP contribution in [0.4, 0.5) is 11.4 Å². The second-order valence-corrected chi connectivity index (χ2v) is 5.61. The molecule has 3 heteroatoms. The molecule has 0 radical (unpaired) electrons. The monoisotopic (exact) mass is 260 g/mol. The summed E-state index contributed by atoms with van der Waals surface area (Å²) in [5.74, 6) is 1.90. The number of benzene rings is 1. The van der Waals surface area contributed by atoms with Crippen molar-refractivity contribution in [3.05, 3.63) is 18.2 Å². The van der Waals surface area contributed by atoms with Gasteiger partial charge in [-0.3, -0.25) is 0 Å². The molecule has 0 bridgehead atoms. The highest BCUT2D eigenvalue weighted by Gasteiger charge is 2.32. The number of anilines is 2. The average Bonchev–Trinajstić information content (AvgIpc) is 2.47. The Bertz CT molecular complexity index is 446. The summed E-state index contributed by atoms with van der Waals surface area (Å²) >= 11 is 0. The van der Waals surface area contributed by atoms with Crippen molar-refractivity contribution in [3.63, 3.8) is 0 Å². The van der Waals surface area contributed by atoms with E-state index in [1.807, 2.05) is 6.92 Å². The number of hydrogen-bond donors (Lipinski definition) is 1. The number of fused-ring (bicyclic) bond motifs is 3. The van der Waals surface area contributed by atoms with E-state index in [0.29, 0.717) is 6.04 Å². The molecule has 0 spiro atoms. The van der Waals surface area contributed by atoms with Crippen molar-refractivity contribution in [2.75, 3.05) is 29.9 Å². The van der Waals surface area contributed by atoms with Gasteiger partial charge in [0.2, 0.25) is 0 Å². The second-order valence-electron chi connectivity index (χ2n) is 5.61. The van der Waals surface area contributed by atoms with Gasteiger partial charge >= 0.3 is 0 Å². The predicted octanol–water partition coefficient (Wildman–Crippen LogP) is 3.51. The van der Waals surface area contributed by atoms with Crippen LogP contribution in [0.1, 0.15) is 33.1 Å². The molecule has 0 aliphatic carbocycles.